The van der Waals surface area contributed by atoms with Crippen molar-refractivity contribution < 1.29 is 15.0 Å². The highest BCUT2D eigenvalue weighted by Crippen LogP contribution is 2.22. The lowest BCUT2D eigenvalue weighted by Crippen LogP contribution is -2.41. The quantitative estimate of drug-likeness (QED) is 0.676. The Bertz CT molecular complexity index is 324. The Balaban J connectivity index is 2.99. The molecule has 4 nitrogen and oxygen atoms in total. The van der Waals surface area contributed by atoms with E-state index in [0.717, 1.165) is 5.56 Å². The molecule has 0 heterocycles. The second kappa shape index (κ2) is 4.91. The molecule has 0 bridgehead atoms. The fourth-order valence-electron chi connectivity index (χ4n) is 1.61. The van der Waals surface area contributed by atoms with Crippen LogP contribution in [0.15, 0.2) is 30.3 Å². The smallest absolute Gasteiger partial charge is 0.321 e. The van der Waals surface area contributed by atoms with Gasteiger partial charge in [0.25, 0.3) is 0 Å². The predicted octanol–water partition coefficient (Wildman–Crippen LogP) is 0.563. The largest absolute Gasteiger partial charge is 0.480 e. The van der Waals surface area contributed by atoms with E-state index in [-0.39, 0.29) is 0 Å². The standard InChI is InChI=1S/C11H15NO3/c1-7(13)9(10(12)11(14)15)8-5-3-2-4-6-8/h2-7,9-10,13H,12H2,1H3,(H,14,15)/t7-,9+,10+/m1/s1. The zero-order chi connectivity index (χ0) is 11.4. The second-order valence-corrected chi connectivity index (χ2v) is 3.54. The van der Waals surface area contributed by atoms with Gasteiger partial charge in [0.2, 0.25) is 0 Å². The van der Waals surface area contributed by atoms with E-state index < -0.39 is 24.0 Å². The molecule has 82 valence electrons. The first-order chi connectivity index (χ1) is 7.04. The fourth-order valence-corrected chi connectivity index (χ4v) is 1.61. The van der Waals surface area contributed by atoms with Crippen LogP contribution >= 0.6 is 0 Å². The number of rotatable bonds is 4. The van der Waals surface area contributed by atoms with Crippen molar-refractivity contribution in [2.45, 2.75) is 25.0 Å². The molecule has 0 aliphatic heterocycles. The SMILES string of the molecule is C[C@@H](O)[C@@H](c1ccccc1)[C@H](N)C(=O)O. The number of carboxylic acid groups (broad SMARTS) is 1. The third-order valence-electron chi connectivity index (χ3n) is 2.38. The monoisotopic (exact) mass is 209 g/mol. The number of nitrogens with two attached hydrogens (primary N) is 1. The van der Waals surface area contributed by atoms with Crippen LogP contribution in [-0.4, -0.2) is 28.3 Å². The van der Waals surface area contributed by atoms with Crippen molar-refractivity contribution in [3.05, 3.63) is 35.9 Å². The average Bonchev–Trinajstić information content (AvgIpc) is 2.18. The van der Waals surface area contributed by atoms with Crippen LogP contribution in [0.4, 0.5) is 0 Å². The number of aliphatic hydroxyl groups excluding tert-OH is 1. The summed E-state index contributed by atoms with van der Waals surface area (Å²) in [6.07, 6.45) is -0.793. The van der Waals surface area contributed by atoms with Crippen molar-refractivity contribution in [1.82, 2.24) is 0 Å². The van der Waals surface area contributed by atoms with Crippen molar-refractivity contribution in [1.29, 1.82) is 0 Å². The summed E-state index contributed by atoms with van der Waals surface area (Å²) in [6, 6.07) is 7.85. The molecule has 1 aromatic carbocycles. The first-order valence-corrected chi connectivity index (χ1v) is 4.75. The Morgan fingerprint density at radius 1 is 1.33 bits per heavy atom. The number of benzene rings is 1. The van der Waals surface area contributed by atoms with Crippen LogP contribution in [0, 0.1) is 0 Å². The molecule has 0 fully saturated rings. The third kappa shape index (κ3) is 2.78. The van der Waals surface area contributed by atoms with Gasteiger partial charge in [-0.15, -0.1) is 0 Å². The summed E-state index contributed by atoms with van der Waals surface area (Å²) in [6.45, 7) is 1.54. The molecule has 0 saturated carbocycles. The molecular formula is C11H15NO3. The van der Waals surface area contributed by atoms with Crippen LogP contribution in [0.5, 0.6) is 0 Å². The Labute approximate surface area is 88.3 Å². The van der Waals surface area contributed by atoms with Crippen LogP contribution in [0.2, 0.25) is 0 Å². The van der Waals surface area contributed by atoms with E-state index in [2.05, 4.69) is 0 Å². The maximum atomic E-state index is 10.8. The molecule has 0 amide bonds. The van der Waals surface area contributed by atoms with Crippen molar-refractivity contribution in [3.8, 4) is 0 Å². The van der Waals surface area contributed by atoms with Crippen molar-refractivity contribution in [2.24, 2.45) is 5.73 Å². The predicted molar refractivity (Wildman–Crippen MR) is 56.5 cm³/mol. The summed E-state index contributed by atoms with van der Waals surface area (Å²) < 4.78 is 0. The van der Waals surface area contributed by atoms with Gasteiger partial charge in [-0.1, -0.05) is 30.3 Å². The molecule has 15 heavy (non-hydrogen) atoms. The Morgan fingerprint density at radius 2 is 1.87 bits per heavy atom. The van der Waals surface area contributed by atoms with E-state index >= 15 is 0 Å². The molecule has 0 aliphatic carbocycles. The number of aliphatic hydroxyl groups is 1. The minimum absolute atomic E-state index is 0.580. The van der Waals surface area contributed by atoms with Gasteiger partial charge < -0.3 is 15.9 Å². The lowest BCUT2D eigenvalue weighted by molar-refractivity contribution is -0.139. The molecule has 3 atom stereocenters. The average molecular weight is 209 g/mol. The van der Waals surface area contributed by atoms with Gasteiger partial charge in [-0.25, -0.2) is 0 Å². The summed E-state index contributed by atoms with van der Waals surface area (Å²) in [5, 5.41) is 18.4. The van der Waals surface area contributed by atoms with Gasteiger partial charge in [-0.05, 0) is 12.5 Å². The molecule has 1 rings (SSSR count). The van der Waals surface area contributed by atoms with Crippen molar-refractivity contribution >= 4 is 5.97 Å². The summed E-state index contributed by atoms with van der Waals surface area (Å²) in [5.41, 5.74) is 6.27. The van der Waals surface area contributed by atoms with Crippen molar-refractivity contribution in [2.75, 3.05) is 0 Å². The lowest BCUT2D eigenvalue weighted by Gasteiger charge is -2.23. The Hall–Kier alpha value is -1.39. The molecular weight excluding hydrogens is 194 g/mol. The van der Waals surface area contributed by atoms with Crippen LogP contribution in [0.25, 0.3) is 0 Å². The summed E-state index contributed by atoms with van der Waals surface area (Å²) >= 11 is 0. The number of aliphatic carboxylic acids is 1. The molecule has 0 unspecified atom stereocenters. The summed E-state index contributed by atoms with van der Waals surface area (Å²) in [5.74, 6) is -1.69. The second-order valence-electron chi connectivity index (χ2n) is 3.54. The van der Waals surface area contributed by atoms with Crippen LogP contribution in [0.1, 0.15) is 18.4 Å². The maximum absolute atomic E-state index is 10.8. The van der Waals surface area contributed by atoms with Gasteiger partial charge >= 0.3 is 5.97 Å². The van der Waals surface area contributed by atoms with Gasteiger partial charge in [-0.2, -0.15) is 0 Å². The van der Waals surface area contributed by atoms with E-state index in [9.17, 15) is 9.90 Å². The first kappa shape index (κ1) is 11.7. The molecule has 4 N–H and O–H groups in total. The normalized spacial score (nSPS) is 16.7. The van der Waals surface area contributed by atoms with E-state index in [0.29, 0.717) is 0 Å². The molecule has 1 aromatic rings. The number of carboxylic acids is 1. The van der Waals surface area contributed by atoms with Crippen LogP contribution < -0.4 is 5.73 Å². The van der Waals surface area contributed by atoms with E-state index in [1.165, 1.54) is 0 Å². The van der Waals surface area contributed by atoms with Crippen LogP contribution in [-0.2, 0) is 4.79 Å². The van der Waals surface area contributed by atoms with Gasteiger partial charge in [0.05, 0.1) is 6.10 Å². The van der Waals surface area contributed by atoms with E-state index in [1.54, 1.807) is 31.2 Å². The van der Waals surface area contributed by atoms with E-state index in [4.69, 9.17) is 10.8 Å². The Morgan fingerprint density at radius 3 is 2.27 bits per heavy atom. The minimum Gasteiger partial charge on any atom is -0.480 e. The summed E-state index contributed by atoms with van der Waals surface area (Å²) in [7, 11) is 0. The highest BCUT2D eigenvalue weighted by Gasteiger charge is 2.29. The molecule has 0 aliphatic rings. The van der Waals surface area contributed by atoms with Gasteiger partial charge in [0, 0.05) is 5.92 Å². The first-order valence-electron chi connectivity index (χ1n) is 4.75. The Kier molecular flexibility index (Phi) is 3.82. The summed E-state index contributed by atoms with van der Waals surface area (Å²) in [4.78, 5) is 10.8. The lowest BCUT2D eigenvalue weighted by atomic mass is 9.88. The maximum Gasteiger partial charge on any atom is 0.321 e. The fraction of sp³-hybridized carbons (Fsp3) is 0.364. The molecule has 4 heteroatoms. The molecule has 0 spiro atoms. The van der Waals surface area contributed by atoms with Crippen LogP contribution in [0.3, 0.4) is 0 Å². The van der Waals surface area contributed by atoms with E-state index in [1.807, 2.05) is 6.07 Å². The van der Waals surface area contributed by atoms with Gasteiger partial charge in [-0.3, -0.25) is 4.79 Å². The zero-order valence-electron chi connectivity index (χ0n) is 8.50. The molecule has 0 aromatic heterocycles. The number of hydrogen-bond acceptors (Lipinski definition) is 3. The van der Waals surface area contributed by atoms with Crippen molar-refractivity contribution in [3.63, 3.8) is 0 Å². The highest BCUT2D eigenvalue weighted by atomic mass is 16.4. The third-order valence-corrected chi connectivity index (χ3v) is 2.38. The minimum atomic E-state index is -1.11. The zero-order valence-corrected chi connectivity index (χ0v) is 8.50. The molecule has 0 radical (unpaired) electrons. The molecule has 0 saturated heterocycles. The topological polar surface area (TPSA) is 83.5 Å². The number of carbonyl (C=O) groups is 1. The number of hydrogen-bond donors (Lipinski definition) is 3. The van der Waals surface area contributed by atoms with Gasteiger partial charge in [0.1, 0.15) is 6.04 Å². The van der Waals surface area contributed by atoms with Gasteiger partial charge in [0.15, 0.2) is 0 Å². The highest BCUT2D eigenvalue weighted by molar-refractivity contribution is 5.74.